The first-order chi connectivity index (χ1) is 15.2. The largest absolute Gasteiger partial charge is 0.354 e. The minimum absolute atomic E-state index is 0.0721. The zero-order valence-electron chi connectivity index (χ0n) is 17.9. The standard InChI is InChI=1S/C23H28N6OS/c1-31-18-9-5-8-17(13-18)26-23(30)16-7-6-11-28(14-16)21-20-22(25-15-24-21)29-12-4-2-3-10-19(29)27-20/h5,8-9,13,15-16H,2-4,6-7,10-12,14H2,1H3,(H,26,30)/t16-/m1/s1. The lowest BCUT2D eigenvalue weighted by atomic mass is 9.97. The molecule has 8 heteroatoms. The minimum Gasteiger partial charge on any atom is -0.354 e. The normalized spacial score (nSPS) is 19.1. The molecule has 1 aromatic carbocycles. The van der Waals surface area contributed by atoms with Crippen molar-refractivity contribution in [2.75, 3.05) is 29.6 Å². The fourth-order valence-electron chi connectivity index (χ4n) is 4.69. The molecule has 0 spiro atoms. The summed E-state index contributed by atoms with van der Waals surface area (Å²) in [7, 11) is 0. The molecular weight excluding hydrogens is 408 g/mol. The van der Waals surface area contributed by atoms with Gasteiger partial charge in [-0.2, -0.15) is 0 Å². The number of carbonyl (C=O) groups is 1. The first-order valence-corrected chi connectivity index (χ1v) is 12.4. The molecule has 3 aromatic rings. The van der Waals surface area contributed by atoms with Crippen LogP contribution in [0.25, 0.3) is 11.2 Å². The summed E-state index contributed by atoms with van der Waals surface area (Å²) < 4.78 is 2.26. The molecule has 1 atom stereocenters. The Hall–Kier alpha value is -2.61. The predicted molar refractivity (Wildman–Crippen MR) is 125 cm³/mol. The number of amides is 1. The lowest BCUT2D eigenvalue weighted by Gasteiger charge is -2.32. The SMILES string of the molecule is CSc1cccc(NC(=O)[C@@H]2CCCN(c3ncnc4c3nc3n4CCCCC3)C2)c1. The van der Waals surface area contributed by atoms with Crippen molar-refractivity contribution in [3.63, 3.8) is 0 Å². The van der Waals surface area contributed by atoms with E-state index in [2.05, 4.69) is 30.8 Å². The van der Waals surface area contributed by atoms with Crippen LogP contribution < -0.4 is 10.2 Å². The number of benzene rings is 1. The predicted octanol–water partition coefficient (Wildman–Crippen LogP) is 4.13. The second-order valence-corrected chi connectivity index (χ2v) is 9.25. The lowest BCUT2D eigenvalue weighted by molar-refractivity contribution is -0.120. The number of thioether (sulfide) groups is 1. The van der Waals surface area contributed by atoms with E-state index in [0.717, 1.165) is 65.7 Å². The molecule has 1 N–H and O–H groups in total. The summed E-state index contributed by atoms with van der Waals surface area (Å²) >= 11 is 1.67. The third-order valence-corrected chi connectivity index (χ3v) is 7.03. The van der Waals surface area contributed by atoms with Crippen LogP contribution in [0.1, 0.15) is 37.9 Å². The number of aryl methyl sites for hydroxylation is 2. The van der Waals surface area contributed by atoms with Crippen molar-refractivity contribution in [3.05, 3.63) is 36.4 Å². The van der Waals surface area contributed by atoms with Gasteiger partial charge in [0.1, 0.15) is 12.2 Å². The molecule has 5 rings (SSSR count). The topological polar surface area (TPSA) is 75.9 Å². The zero-order valence-corrected chi connectivity index (χ0v) is 18.7. The average Bonchev–Trinajstić information content (AvgIpc) is 3.00. The molecule has 2 aliphatic heterocycles. The van der Waals surface area contributed by atoms with Crippen LogP contribution in [0.5, 0.6) is 0 Å². The van der Waals surface area contributed by atoms with Crippen molar-refractivity contribution in [1.82, 2.24) is 19.5 Å². The molecule has 1 fully saturated rings. The van der Waals surface area contributed by atoms with Gasteiger partial charge in [0, 0.05) is 36.6 Å². The fourth-order valence-corrected chi connectivity index (χ4v) is 5.14. The van der Waals surface area contributed by atoms with Crippen LogP contribution in [0.4, 0.5) is 11.5 Å². The fraction of sp³-hybridized carbons (Fsp3) is 0.478. The Morgan fingerprint density at radius 1 is 1.16 bits per heavy atom. The number of nitrogens with one attached hydrogen (secondary N) is 1. The van der Waals surface area contributed by atoms with E-state index in [-0.39, 0.29) is 11.8 Å². The van der Waals surface area contributed by atoms with E-state index in [1.165, 1.54) is 19.3 Å². The molecule has 2 aromatic heterocycles. The van der Waals surface area contributed by atoms with E-state index in [4.69, 9.17) is 4.98 Å². The Balaban J connectivity index is 1.36. The quantitative estimate of drug-likeness (QED) is 0.620. The molecule has 31 heavy (non-hydrogen) atoms. The van der Waals surface area contributed by atoms with Crippen LogP contribution in [-0.2, 0) is 17.8 Å². The van der Waals surface area contributed by atoms with Gasteiger partial charge in [0.05, 0.1) is 5.92 Å². The van der Waals surface area contributed by atoms with Gasteiger partial charge in [-0.25, -0.2) is 15.0 Å². The van der Waals surface area contributed by atoms with Gasteiger partial charge in [-0.15, -0.1) is 11.8 Å². The van der Waals surface area contributed by atoms with Gasteiger partial charge in [0.25, 0.3) is 0 Å². The molecule has 0 bridgehead atoms. The number of piperidine rings is 1. The third kappa shape index (κ3) is 4.13. The Morgan fingerprint density at radius 2 is 2.10 bits per heavy atom. The Labute approximate surface area is 186 Å². The van der Waals surface area contributed by atoms with Gasteiger partial charge in [-0.3, -0.25) is 4.79 Å². The third-order valence-electron chi connectivity index (χ3n) is 6.30. The smallest absolute Gasteiger partial charge is 0.229 e. The van der Waals surface area contributed by atoms with Crippen molar-refractivity contribution in [1.29, 1.82) is 0 Å². The second-order valence-electron chi connectivity index (χ2n) is 8.37. The maximum Gasteiger partial charge on any atom is 0.229 e. The van der Waals surface area contributed by atoms with E-state index >= 15 is 0 Å². The van der Waals surface area contributed by atoms with E-state index in [0.29, 0.717) is 6.54 Å². The summed E-state index contributed by atoms with van der Waals surface area (Å²) in [5.41, 5.74) is 2.67. The summed E-state index contributed by atoms with van der Waals surface area (Å²) in [5.74, 6) is 1.99. The van der Waals surface area contributed by atoms with Gasteiger partial charge in [0.15, 0.2) is 17.0 Å². The Bertz CT molecular complexity index is 1100. The number of nitrogens with zero attached hydrogens (tertiary/aromatic N) is 5. The molecule has 7 nitrogen and oxygen atoms in total. The van der Waals surface area contributed by atoms with Crippen LogP contribution in [0, 0.1) is 5.92 Å². The Kier molecular flexibility index (Phi) is 5.80. The zero-order chi connectivity index (χ0) is 21.2. The molecule has 4 heterocycles. The van der Waals surface area contributed by atoms with Crippen molar-refractivity contribution >= 4 is 40.3 Å². The lowest BCUT2D eigenvalue weighted by Crippen LogP contribution is -2.41. The molecule has 0 radical (unpaired) electrons. The maximum atomic E-state index is 13.0. The van der Waals surface area contributed by atoms with Crippen LogP contribution in [0.3, 0.4) is 0 Å². The summed E-state index contributed by atoms with van der Waals surface area (Å²) in [6, 6.07) is 8.00. The number of aromatic nitrogens is 4. The van der Waals surface area contributed by atoms with Gasteiger partial charge in [-0.05, 0) is 50.1 Å². The van der Waals surface area contributed by atoms with Crippen LogP contribution in [-0.4, -0.2) is 44.8 Å². The van der Waals surface area contributed by atoms with Gasteiger partial charge in [0.2, 0.25) is 5.91 Å². The monoisotopic (exact) mass is 436 g/mol. The number of carbonyl (C=O) groups excluding carboxylic acids is 1. The molecule has 1 amide bonds. The number of rotatable bonds is 4. The van der Waals surface area contributed by atoms with E-state index in [1.807, 2.05) is 24.5 Å². The highest BCUT2D eigenvalue weighted by atomic mass is 32.2. The molecule has 2 aliphatic rings. The number of hydrogen-bond donors (Lipinski definition) is 1. The first kappa shape index (κ1) is 20.3. The summed E-state index contributed by atoms with van der Waals surface area (Å²) in [6.45, 7) is 2.52. The molecule has 1 saturated heterocycles. The number of imidazole rings is 1. The highest BCUT2D eigenvalue weighted by molar-refractivity contribution is 7.98. The summed E-state index contributed by atoms with van der Waals surface area (Å²) in [6.07, 6.45) is 10.1. The van der Waals surface area contributed by atoms with Gasteiger partial charge < -0.3 is 14.8 Å². The molecule has 162 valence electrons. The highest BCUT2D eigenvalue weighted by Crippen LogP contribution is 2.30. The van der Waals surface area contributed by atoms with Crippen molar-refractivity contribution in [3.8, 4) is 0 Å². The summed E-state index contributed by atoms with van der Waals surface area (Å²) in [5, 5.41) is 3.11. The second kappa shape index (κ2) is 8.86. The van der Waals surface area contributed by atoms with Gasteiger partial charge in [-0.1, -0.05) is 12.5 Å². The highest BCUT2D eigenvalue weighted by Gasteiger charge is 2.29. The molecule has 0 saturated carbocycles. The molecular formula is C23H28N6OS. The Morgan fingerprint density at radius 3 is 3.00 bits per heavy atom. The number of anilines is 2. The van der Waals surface area contributed by atoms with Crippen LogP contribution in [0.2, 0.25) is 0 Å². The minimum atomic E-state index is -0.0721. The van der Waals surface area contributed by atoms with Crippen LogP contribution >= 0.6 is 11.8 Å². The van der Waals surface area contributed by atoms with E-state index in [9.17, 15) is 4.79 Å². The average molecular weight is 437 g/mol. The van der Waals surface area contributed by atoms with Crippen molar-refractivity contribution in [2.24, 2.45) is 5.92 Å². The van der Waals surface area contributed by atoms with E-state index < -0.39 is 0 Å². The molecule has 0 unspecified atom stereocenters. The maximum absolute atomic E-state index is 13.0. The van der Waals surface area contributed by atoms with Crippen molar-refractivity contribution in [2.45, 2.75) is 50.0 Å². The first-order valence-electron chi connectivity index (χ1n) is 11.1. The van der Waals surface area contributed by atoms with E-state index in [1.54, 1.807) is 18.1 Å². The van der Waals surface area contributed by atoms with Crippen LogP contribution in [0.15, 0.2) is 35.5 Å². The molecule has 0 aliphatic carbocycles. The van der Waals surface area contributed by atoms with Gasteiger partial charge >= 0.3 is 0 Å². The number of hydrogen-bond acceptors (Lipinski definition) is 6. The van der Waals surface area contributed by atoms with Crippen molar-refractivity contribution < 1.29 is 4.79 Å². The number of fused-ring (bicyclic) bond motifs is 3. The summed E-state index contributed by atoms with van der Waals surface area (Å²) in [4.78, 5) is 30.5.